The Morgan fingerprint density at radius 1 is 1.15 bits per heavy atom. The van der Waals surface area contributed by atoms with Crippen molar-refractivity contribution < 1.29 is 0 Å². The van der Waals surface area contributed by atoms with Gasteiger partial charge >= 0.3 is 0 Å². The van der Waals surface area contributed by atoms with Gasteiger partial charge in [-0.2, -0.15) is 5.26 Å². The van der Waals surface area contributed by atoms with Gasteiger partial charge in [-0.15, -0.1) is 0 Å². The molecule has 0 amide bonds. The summed E-state index contributed by atoms with van der Waals surface area (Å²) in [5, 5.41) is 8.76. The Hall–Kier alpha value is -1.33. The lowest BCUT2D eigenvalue weighted by Gasteiger charge is -2.24. The highest BCUT2D eigenvalue weighted by molar-refractivity contribution is 5.27. The first-order valence-corrected chi connectivity index (χ1v) is 7.51. The molecule has 0 radical (unpaired) electrons. The Morgan fingerprint density at radius 2 is 1.75 bits per heavy atom. The maximum absolute atomic E-state index is 8.76. The first kappa shape index (κ1) is 16.7. The van der Waals surface area contributed by atoms with Crippen molar-refractivity contribution in [2.75, 3.05) is 13.1 Å². The van der Waals surface area contributed by atoms with Crippen molar-refractivity contribution in [3.8, 4) is 6.07 Å². The van der Waals surface area contributed by atoms with Crippen LogP contribution < -0.4 is 0 Å². The SMILES string of the molecule is CC(C)CN(CCC#N)Cc1ccc(C(C)(C)C)cc1. The zero-order valence-electron chi connectivity index (χ0n) is 13.6. The molecule has 0 unspecified atom stereocenters. The van der Waals surface area contributed by atoms with E-state index < -0.39 is 0 Å². The zero-order chi connectivity index (χ0) is 15.2. The number of nitriles is 1. The fraction of sp³-hybridized carbons (Fsp3) is 0.611. The van der Waals surface area contributed by atoms with Gasteiger partial charge < -0.3 is 0 Å². The quantitative estimate of drug-likeness (QED) is 0.769. The van der Waals surface area contributed by atoms with E-state index in [0.29, 0.717) is 12.3 Å². The number of rotatable bonds is 6. The van der Waals surface area contributed by atoms with Crippen LogP contribution in [0.3, 0.4) is 0 Å². The first-order valence-electron chi connectivity index (χ1n) is 7.51. The van der Waals surface area contributed by atoms with Gasteiger partial charge in [0.1, 0.15) is 0 Å². The van der Waals surface area contributed by atoms with E-state index >= 15 is 0 Å². The van der Waals surface area contributed by atoms with Gasteiger partial charge in [-0.1, -0.05) is 58.9 Å². The topological polar surface area (TPSA) is 27.0 Å². The molecule has 0 bridgehead atoms. The molecule has 0 aliphatic carbocycles. The van der Waals surface area contributed by atoms with Crippen LogP contribution in [0.1, 0.15) is 52.2 Å². The summed E-state index contributed by atoms with van der Waals surface area (Å²) in [6.45, 7) is 14.0. The van der Waals surface area contributed by atoms with Crippen LogP contribution >= 0.6 is 0 Å². The molecule has 0 fully saturated rings. The van der Waals surface area contributed by atoms with Crippen LogP contribution in [-0.4, -0.2) is 18.0 Å². The molecule has 1 aromatic rings. The summed E-state index contributed by atoms with van der Waals surface area (Å²) >= 11 is 0. The third kappa shape index (κ3) is 5.75. The maximum Gasteiger partial charge on any atom is 0.0635 e. The molecule has 0 saturated heterocycles. The summed E-state index contributed by atoms with van der Waals surface area (Å²) in [6.07, 6.45) is 0.604. The maximum atomic E-state index is 8.76. The van der Waals surface area contributed by atoms with Crippen LogP contribution in [0, 0.1) is 17.2 Å². The third-order valence-electron chi connectivity index (χ3n) is 3.39. The molecule has 2 nitrogen and oxygen atoms in total. The minimum atomic E-state index is 0.205. The van der Waals surface area contributed by atoms with E-state index in [-0.39, 0.29) is 5.41 Å². The summed E-state index contributed by atoms with van der Waals surface area (Å²) in [5.74, 6) is 0.627. The van der Waals surface area contributed by atoms with Gasteiger partial charge in [0.05, 0.1) is 6.07 Å². The molecule has 0 aromatic heterocycles. The van der Waals surface area contributed by atoms with Crippen LogP contribution in [0.2, 0.25) is 0 Å². The molecular weight excluding hydrogens is 244 g/mol. The fourth-order valence-electron chi connectivity index (χ4n) is 2.33. The van der Waals surface area contributed by atoms with Crippen LogP contribution in [0.5, 0.6) is 0 Å². The minimum absolute atomic E-state index is 0.205. The van der Waals surface area contributed by atoms with E-state index in [1.54, 1.807) is 0 Å². The highest BCUT2D eigenvalue weighted by Gasteiger charge is 2.13. The van der Waals surface area contributed by atoms with Crippen molar-refractivity contribution in [3.05, 3.63) is 35.4 Å². The molecule has 0 heterocycles. The average molecular weight is 272 g/mol. The van der Waals surface area contributed by atoms with Gasteiger partial charge in [0, 0.05) is 26.1 Å². The average Bonchev–Trinajstić information content (AvgIpc) is 2.35. The third-order valence-corrected chi connectivity index (χ3v) is 3.39. The zero-order valence-corrected chi connectivity index (χ0v) is 13.6. The predicted octanol–water partition coefficient (Wildman–Crippen LogP) is 4.36. The molecule has 1 aromatic carbocycles. The molecule has 0 saturated carbocycles. The molecular formula is C18H28N2. The van der Waals surface area contributed by atoms with Gasteiger partial charge in [0.2, 0.25) is 0 Å². The van der Waals surface area contributed by atoms with Crippen LogP contribution in [-0.2, 0) is 12.0 Å². The van der Waals surface area contributed by atoms with Crippen LogP contribution in [0.4, 0.5) is 0 Å². The molecule has 1 rings (SSSR count). The fourth-order valence-corrected chi connectivity index (χ4v) is 2.33. The number of hydrogen-bond acceptors (Lipinski definition) is 2. The molecule has 20 heavy (non-hydrogen) atoms. The first-order chi connectivity index (χ1) is 9.32. The normalized spacial score (nSPS) is 11.9. The summed E-state index contributed by atoms with van der Waals surface area (Å²) in [4.78, 5) is 2.37. The predicted molar refractivity (Wildman–Crippen MR) is 85.5 cm³/mol. The van der Waals surface area contributed by atoms with E-state index in [4.69, 9.17) is 5.26 Å². The van der Waals surface area contributed by atoms with Gasteiger partial charge in [-0.05, 0) is 22.5 Å². The van der Waals surface area contributed by atoms with E-state index in [2.05, 4.69) is 69.9 Å². The van der Waals surface area contributed by atoms with Crippen molar-refractivity contribution in [2.45, 2.75) is 53.0 Å². The lowest BCUT2D eigenvalue weighted by molar-refractivity contribution is 0.241. The highest BCUT2D eigenvalue weighted by atomic mass is 15.1. The summed E-state index contributed by atoms with van der Waals surface area (Å²) in [7, 11) is 0. The number of nitrogens with zero attached hydrogens (tertiary/aromatic N) is 2. The largest absolute Gasteiger partial charge is 0.298 e. The summed E-state index contributed by atoms with van der Waals surface area (Å²) < 4.78 is 0. The standard InChI is InChI=1S/C18H28N2/c1-15(2)13-20(12-6-11-19)14-16-7-9-17(10-8-16)18(3,4)5/h7-10,15H,6,12-14H2,1-5H3. The van der Waals surface area contributed by atoms with Gasteiger partial charge in [0.25, 0.3) is 0 Å². The number of benzene rings is 1. The van der Waals surface area contributed by atoms with E-state index in [1.165, 1.54) is 11.1 Å². The summed E-state index contributed by atoms with van der Waals surface area (Å²) in [6, 6.07) is 11.1. The van der Waals surface area contributed by atoms with Gasteiger partial charge in [-0.25, -0.2) is 0 Å². The Balaban J connectivity index is 2.70. The lowest BCUT2D eigenvalue weighted by Crippen LogP contribution is -2.28. The Bertz CT molecular complexity index is 432. The smallest absolute Gasteiger partial charge is 0.0635 e. The second-order valence-corrected chi connectivity index (χ2v) is 6.98. The summed E-state index contributed by atoms with van der Waals surface area (Å²) in [5.41, 5.74) is 2.90. The molecule has 0 spiro atoms. The van der Waals surface area contributed by atoms with Crippen LogP contribution in [0.25, 0.3) is 0 Å². The van der Waals surface area contributed by atoms with Crippen molar-refractivity contribution in [1.29, 1.82) is 5.26 Å². The van der Waals surface area contributed by atoms with E-state index in [0.717, 1.165) is 19.6 Å². The molecule has 0 atom stereocenters. The lowest BCUT2D eigenvalue weighted by atomic mass is 9.87. The Kier molecular flexibility index (Phi) is 6.23. The van der Waals surface area contributed by atoms with Crippen molar-refractivity contribution >= 4 is 0 Å². The molecule has 0 aliphatic heterocycles. The molecule has 110 valence electrons. The molecule has 2 heteroatoms. The van der Waals surface area contributed by atoms with Crippen LogP contribution in [0.15, 0.2) is 24.3 Å². The van der Waals surface area contributed by atoms with Crippen molar-refractivity contribution in [3.63, 3.8) is 0 Å². The van der Waals surface area contributed by atoms with Gasteiger partial charge in [0.15, 0.2) is 0 Å². The minimum Gasteiger partial charge on any atom is -0.298 e. The second kappa shape index (κ2) is 7.45. The monoisotopic (exact) mass is 272 g/mol. The van der Waals surface area contributed by atoms with Crippen molar-refractivity contribution in [1.82, 2.24) is 4.90 Å². The Labute approximate surface area is 124 Å². The van der Waals surface area contributed by atoms with E-state index in [9.17, 15) is 0 Å². The van der Waals surface area contributed by atoms with Crippen molar-refractivity contribution in [2.24, 2.45) is 5.92 Å². The number of hydrogen-bond donors (Lipinski definition) is 0. The van der Waals surface area contributed by atoms with E-state index in [1.807, 2.05) is 0 Å². The highest BCUT2D eigenvalue weighted by Crippen LogP contribution is 2.22. The molecule has 0 aliphatic rings. The molecule has 0 N–H and O–H groups in total. The Morgan fingerprint density at radius 3 is 2.20 bits per heavy atom. The van der Waals surface area contributed by atoms with Gasteiger partial charge in [-0.3, -0.25) is 4.90 Å². The second-order valence-electron chi connectivity index (χ2n) is 6.98.